The Bertz CT molecular complexity index is 163. The van der Waals surface area contributed by atoms with Crippen LogP contribution >= 0.6 is 0 Å². The third-order valence-electron chi connectivity index (χ3n) is 1.22. The van der Waals surface area contributed by atoms with Gasteiger partial charge in [0.25, 0.3) is 0 Å². The number of rotatable bonds is 2. The summed E-state index contributed by atoms with van der Waals surface area (Å²) in [6, 6.07) is 0.00741. The van der Waals surface area contributed by atoms with E-state index in [1.165, 1.54) is 0 Å². The molecule has 0 rings (SSSR count). The molecule has 0 aliphatic carbocycles. The zero-order valence-corrected chi connectivity index (χ0v) is 7.72. The van der Waals surface area contributed by atoms with Crippen molar-refractivity contribution in [2.45, 2.75) is 6.92 Å². The van der Waals surface area contributed by atoms with Gasteiger partial charge in [-0.15, -0.1) is 0 Å². The fourth-order valence-electron chi connectivity index (χ4n) is 0.814. The summed E-state index contributed by atoms with van der Waals surface area (Å²) in [5, 5.41) is 0. The number of carbonyl (C=O) groups is 1. The van der Waals surface area contributed by atoms with E-state index in [0.29, 0.717) is 6.54 Å². The van der Waals surface area contributed by atoms with Crippen molar-refractivity contribution >= 4 is 6.03 Å². The maximum atomic E-state index is 11.2. The molecule has 0 aromatic heterocycles. The molecule has 0 aliphatic rings. The minimum atomic E-state index is 0.00741. The van der Waals surface area contributed by atoms with Crippen molar-refractivity contribution in [1.82, 2.24) is 9.80 Å². The van der Waals surface area contributed by atoms with Gasteiger partial charge in [-0.05, 0) is 6.92 Å². The number of urea groups is 1. The first-order valence-corrected chi connectivity index (χ1v) is 3.52. The maximum Gasteiger partial charge on any atom is 0.319 e. The first kappa shape index (κ1) is 10.0. The molecule has 0 spiro atoms. The summed E-state index contributed by atoms with van der Waals surface area (Å²) in [5.41, 5.74) is 0.989. The maximum absolute atomic E-state index is 11.2. The second-order valence-electron chi connectivity index (χ2n) is 2.99. The highest BCUT2D eigenvalue weighted by molar-refractivity contribution is 5.73. The van der Waals surface area contributed by atoms with E-state index in [0.717, 1.165) is 5.57 Å². The van der Waals surface area contributed by atoms with Gasteiger partial charge in [-0.25, -0.2) is 4.79 Å². The Balaban J connectivity index is 3.93. The molecule has 0 heterocycles. The van der Waals surface area contributed by atoms with Crippen molar-refractivity contribution in [3.8, 4) is 0 Å². The standard InChI is InChI=1S/C8H16N2O/c1-7(2)6-10(5)8(11)9(3)4/h1,6H2,2-5H3. The normalized spacial score (nSPS) is 9.09. The number of hydrogen-bond acceptors (Lipinski definition) is 1. The average molecular weight is 156 g/mol. The van der Waals surface area contributed by atoms with Crippen molar-refractivity contribution in [2.75, 3.05) is 27.7 Å². The molecule has 0 saturated carbocycles. The van der Waals surface area contributed by atoms with Crippen LogP contribution in [0.4, 0.5) is 4.79 Å². The molecular weight excluding hydrogens is 140 g/mol. The molecule has 0 aliphatic heterocycles. The van der Waals surface area contributed by atoms with E-state index < -0.39 is 0 Å². The summed E-state index contributed by atoms with van der Waals surface area (Å²) in [7, 11) is 5.23. The molecular formula is C8H16N2O. The molecule has 0 radical (unpaired) electrons. The zero-order valence-electron chi connectivity index (χ0n) is 7.72. The molecule has 0 bridgehead atoms. The lowest BCUT2D eigenvalue weighted by atomic mass is 10.3. The molecule has 0 aromatic carbocycles. The topological polar surface area (TPSA) is 23.6 Å². The molecule has 0 aromatic rings. The van der Waals surface area contributed by atoms with E-state index in [1.807, 2.05) is 6.92 Å². The smallest absolute Gasteiger partial charge is 0.319 e. The third kappa shape index (κ3) is 3.65. The molecule has 3 heteroatoms. The van der Waals surface area contributed by atoms with Gasteiger partial charge in [-0.1, -0.05) is 12.2 Å². The van der Waals surface area contributed by atoms with Gasteiger partial charge in [0.2, 0.25) is 0 Å². The van der Waals surface area contributed by atoms with Gasteiger partial charge < -0.3 is 9.80 Å². The van der Waals surface area contributed by atoms with Gasteiger partial charge in [0, 0.05) is 27.7 Å². The first-order valence-electron chi connectivity index (χ1n) is 3.52. The Labute approximate surface area is 68.3 Å². The van der Waals surface area contributed by atoms with E-state index in [9.17, 15) is 4.79 Å². The molecule has 0 fully saturated rings. The predicted octanol–water partition coefficient (Wildman–Crippen LogP) is 1.18. The molecule has 0 unspecified atom stereocenters. The highest BCUT2D eigenvalue weighted by Crippen LogP contribution is 1.95. The third-order valence-corrected chi connectivity index (χ3v) is 1.22. The van der Waals surface area contributed by atoms with Crippen LogP contribution in [0.2, 0.25) is 0 Å². The van der Waals surface area contributed by atoms with Crippen LogP contribution in [0.5, 0.6) is 0 Å². The van der Waals surface area contributed by atoms with Crippen LogP contribution in [0, 0.1) is 0 Å². The van der Waals surface area contributed by atoms with E-state index >= 15 is 0 Å². The van der Waals surface area contributed by atoms with Gasteiger partial charge in [-0.3, -0.25) is 0 Å². The summed E-state index contributed by atoms with van der Waals surface area (Å²) >= 11 is 0. The van der Waals surface area contributed by atoms with Gasteiger partial charge >= 0.3 is 6.03 Å². The van der Waals surface area contributed by atoms with Crippen molar-refractivity contribution in [3.63, 3.8) is 0 Å². The van der Waals surface area contributed by atoms with Gasteiger partial charge in [-0.2, -0.15) is 0 Å². The van der Waals surface area contributed by atoms with E-state index in [2.05, 4.69) is 6.58 Å². The van der Waals surface area contributed by atoms with Gasteiger partial charge in [0.1, 0.15) is 0 Å². The number of hydrogen-bond donors (Lipinski definition) is 0. The van der Waals surface area contributed by atoms with E-state index in [1.54, 1.807) is 30.9 Å². The number of carbonyl (C=O) groups excluding carboxylic acids is 1. The van der Waals surface area contributed by atoms with Crippen LogP contribution in [0.3, 0.4) is 0 Å². The fourth-order valence-corrected chi connectivity index (χ4v) is 0.814. The predicted molar refractivity (Wildman–Crippen MR) is 46.5 cm³/mol. The highest BCUT2D eigenvalue weighted by Gasteiger charge is 2.08. The summed E-state index contributed by atoms with van der Waals surface area (Å²) in [6.07, 6.45) is 0. The Morgan fingerprint density at radius 2 is 1.82 bits per heavy atom. The zero-order chi connectivity index (χ0) is 9.02. The largest absolute Gasteiger partial charge is 0.331 e. The molecule has 2 amide bonds. The lowest BCUT2D eigenvalue weighted by Gasteiger charge is -2.21. The van der Waals surface area contributed by atoms with Crippen LogP contribution in [0.1, 0.15) is 6.92 Å². The Morgan fingerprint density at radius 1 is 1.36 bits per heavy atom. The van der Waals surface area contributed by atoms with E-state index in [-0.39, 0.29) is 6.03 Å². The number of likely N-dealkylation sites (N-methyl/N-ethyl adjacent to an activating group) is 1. The second-order valence-corrected chi connectivity index (χ2v) is 2.99. The molecule has 0 atom stereocenters. The minimum Gasteiger partial charge on any atom is -0.331 e. The summed E-state index contributed by atoms with van der Waals surface area (Å²) < 4.78 is 0. The molecule has 64 valence electrons. The van der Waals surface area contributed by atoms with Crippen LogP contribution in [0.15, 0.2) is 12.2 Å². The summed E-state index contributed by atoms with van der Waals surface area (Å²) in [6.45, 7) is 6.25. The highest BCUT2D eigenvalue weighted by atomic mass is 16.2. The minimum absolute atomic E-state index is 0.00741. The SMILES string of the molecule is C=C(C)CN(C)C(=O)N(C)C. The molecule has 0 N–H and O–H groups in total. The van der Waals surface area contributed by atoms with Crippen LogP contribution in [-0.2, 0) is 0 Å². The van der Waals surface area contributed by atoms with Crippen molar-refractivity contribution in [2.24, 2.45) is 0 Å². The Kier molecular flexibility index (Phi) is 3.65. The van der Waals surface area contributed by atoms with Crippen LogP contribution in [0.25, 0.3) is 0 Å². The summed E-state index contributed by atoms with van der Waals surface area (Å²) in [5.74, 6) is 0. The van der Waals surface area contributed by atoms with Gasteiger partial charge in [0.15, 0.2) is 0 Å². The molecule has 0 saturated heterocycles. The Hall–Kier alpha value is -0.990. The average Bonchev–Trinajstić information content (AvgIpc) is 1.84. The van der Waals surface area contributed by atoms with Crippen molar-refractivity contribution < 1.29 is 4.79 Å². The van der Waals surface area contributed by atoms with Crippen molar-refractivity contribution in [3.05, 3.63) is 12.2 Å². The quantitative estimate of drug-likeness (QED) is 0.551. The second kappa shape index (κ2) is 4.01. The van der Waals surface area contributed by atoms with Crippen LogP contribution in [-0.4, -0.2) is 43.5 Å². The lowest BCUT2D eigenvalue weighted by Crippen LogP contribution is -2.37. The first-order chi connectivity index (χ1) is 4.95. The number of nitrogens with zero attached hydrogens (tertiary/aromatic N) is 2. The summed E-state index contributed by atoms with van der Waals surface area (Å²) in [4.78, 5) is 14.4. The van der Waals surface area contributed by atoms with Crippen LogP contribution < -0.4 is 0 Å². The molecule has 3 nitrogen and oxygen atoms in total. The van der Waals surface area contributed by atoms with Crippen molar-refractivity contribution in [1.29, 1.82) is 0 Å². The lowest BCUT2D eigenvalue weighted by molar-refractivity contribution is 0.185. The number of amides is 2. The fraction of sp³-hybridized carbons (Fsp3) is 0.625. The molecule has 11 heavy (non-hydrogen) atoms. The van der Waals surface area contributed by atoms with Gasteiger partial charge in [0.05, 0.1) is 0 Å². The Morgan fingerprint density at radius 3 is 2.09 bits per heavy atom. The van der Waals surface area contributed by atoms with E-state index in [4.69, 9.17) is 0 Å². The monoisotopic (exact) mass is 156 g/mol.